The molecule has 0 aliphatic carbocycles. The minimum atomic E-state index is -0.0781. The van der Waals surface area contributed by atoms with E-state index in [4.69, 9.17) is 0 Å². The predicted molar refractivity (Wildman–Crippen MR) is 81.6 cm³/mol. The Morgan fingerprint density at radius 2 is 2.20 bits per heavy atom. The van der Waals surface area contributed by atoms with Crippen LogP contribution >= 0.6 is 11.8 Å². The summed E-state index contributed by atoms with van der Waals surface area (Å²) in [7, 11) is 0. The first-order valence-electron chi connectivity index (χ1n) is 6.71. The number of hydrogen-bond donors (Lipinski definition) is 1. The van der Waals surface area contributed by atoms with Crippen molar-refractivity contribution in [1.29, 1.82) is 0 Å². The largest absolute Gasteiger partial charge is 0.355 e. The van der Waals surface area contributed by atoms with Crippen molar-refractivity contribution >= 4 is 17.7 Å². The van der Waals surface area contributed by atoms with Gasteiger partial charge in [-0.25, -0.2) is 4.98 Å². The summed E-state index contributed by atoms with van der Waals surface area (Å²) in [6.45, 7) is 3.50. The quantitative estimate of drug-likeness (QED) is 0.629. The van der Waals surface area contributed by atoms with Crippen LogP contribution in [-0.4, -0.2) is 27.3 Å². The Hall–Kier alpha value is -1.75. The molecule has 1 N–H and O–H groups in total. The number of amides is 1. The standard InChI is InChI=1S/C15H19N3OS/c1-13(20-14-6-3-2-4-7-14)15(19)17-8-5-10-18-11-9-16-12-18/h2-4,6-7,9,11-13H,5,8,10H2,1H3,(H,17,19)/t13-/m0/s1. The van der Waals surface area contributed by atoms with Gasteiger partial charge in [0.15, 0.2) is 0 Å². The lowest BCUT2D eigenvalue weighted by molar-refractivity contribution is -0.120. The van der Waals surface area contributed by atoms with Crippen LogP contribution in [-0.2, 0) is 11.3 Å². The highest BCUT2D eigenvalue weighted by Crippen LogP contribution is 2.22. The zero-order chi connectivity index (χ0) is 14.2. The summed E-state index contributed by atoms with van der Waals surface area (Å²) in [5.74, 6) is 0.0875. The van der Waals surface area contributed by atoms with Gasteiger partial charge >= 0.3 is 0 Å². The van der Waals surface area contributed by atoms with Gasteiger partial charge in [-0.05, 0) is 25.5 Å². The maximum Gasteiger partial charge on any atom is 0.233 e. The van der Waals surface area contributed by atoms with Gasteiger partial charge in [-0.15, -0.1) is 11.8 Å². The van der Waals surface area contributed by atoms with Gasteiger partial charge in [-0.1, -0.05) is 18.2 Å². The van der Waals surface area contributed by atoms with Gasteiger partial charge in [0.25, 0.3) is 0 Å². The van der Waals surface area contributed by atoms with E-state index < -0.39 is 0 Å². The summed E-state index contributed by atoms with van der Waals surface area (Å²) in [6, 6.07) is 9.99. The SMILES string of the molecule is C[C@H](Sc1ccccc1)C(=O)NCCCn1ccnc1. The number of nitrogens with zero attached hydrogens (tertiary/aromatic N) is 2. The molecule has 0 aliphatic rings. The number of benzene rings is 1. The van der Waals surface area contributed by atoms with Crippen LogP contribution in [0.2, 0.25) is 0 Å². The number of thioether (sulfide) groups is 1. The van der Waals surface area contributed by atoms with Crippen molar-refractivity contribution in [3.8, 4) is 0 Å². The molecule has 1 atom stereocenters. The molecule has 1 amide bonds. The van der Waals surface area contributed by atoms with Crippen molar-refractivity contribution in [2.75, 3.05) is 6.54 Å². The second kappa shape index (κ2) is 7.75. The first-order chi connectivity index (χ1) is 9.75. The fraction of sp³-hybridized carbons (Fsp3) is 0.333. The smallest absolute Gasteiger partial charge is 0.233 e. The predicted octanol–water partition coefficient (Wildman–Crippen LogP) is 2.57. The van der Waals surface area contributed by atoms with E-state index in [1.807, 2.05) is 48.0 Å². The fourth-order valence-electron chi connectivity index (χ4n) is 1.79. The van der Waals surface area contributed by atoms with Gasteiger partial charge in [-0.2, -0.15) is 0 Å². The van der Waals surface area contributed by atoms with E-state index in [0.29, 0.717) is 6.54 Å². The van der Waals surface area contributed by atoms with Gasteiger partial charge in [-0.3, -0.25) is 4.79 Å². The Kier molecular flexibility index (Phi) is 5.68. The number of carbonyl (C=O) groups excluding carboxylic acids is 1. The van der Waals surface area contributed by atoms with Crippen LogP contribution in [0.15, 0.2) is 53.9 Å². The molecule has 1 aromatic heterocycles. The zero-order valence-corrected chi connectivity index (χ0v) is 12.3. The zero-order valence-electron chi connectivity index (χ0n) is 11.5. The van der Waals surface area contributed by atoms with Crippen molar-refractivity contribution in [1.82, 2.24) is 14.9 Å². The lowest BCUT2D eigenvalue weighted by Crippen LogP contribution is -2.32. The number of aryl methyl sites for hydroxylation is 1. The number of rotatable bonds is 7. The Morgan fingerprint density at radius 1 is 1.40 bits per heavy atom. The molecule has 2 rings (SSSR count). The number of nitrogens with one attached hydrogen (secondary N) is 1. The molecular formula is C15H19N3OS. The molecule has 0 bridgehead atoms. The highest BCUT2D eigenvalue weighted by atomic mass is 32.2. The van der Waals surface area contributed by atoms with E-state index in [-0.39, 0.29) is 11.2 Å². The number of hydrogen-bond acceptors (Lipinski definition) is 3. The third-order valence-corrected chi connectivity index (χ3v) is 3.99. The highest BCUT2D eigenvalue weighted by molar-refractivity contribution is 8.00. The maximum absolute atomic E-state index is 12.0. The van der Waals surface area contributed by atoms with Gasteiger partial charge in [0.2, 0.25) is 5.91 Å². The third-order valence-electron chi connectivity index (χ3n) is 2.88. The first kappa shape index (κ1) is 14.7. The fourth-order valence-corrected chi connectivity index (χ4v) is 2.71. The molecule has 1 aromatic carbocycles. The average molecular weight is 289 g/mol. The first-order valence-corrected chi connectivity index (χ1v) is 7.59. The summed E-state index contributed by atoms with van der Waals surface area (Å²) < 4.78 is 2.01. The summed E-state index contributed by atoms with van der Waals surface area (Å²) >= 11 is 1.58. The van der Waals surface area contributed by atoms with E-state index >= 15 is 0 Å². The Balaban J connectivity index is 1.66. The molecule has 0 spiro atoms. The minimum absolute atomic E-state index is 0.0781. The van der Waals surface area contributed by atoms with Crippen LogP contribution in [0.1, 0.15) is 13.3 Å². The molecular weight excluding hydrogens is 270 g/mol. The Bertz CT molecular complexity index is 513. The Morgan fingerprint density at radius 3 is 2.90 bits per heavy atom. The molecule has 2 aromatic rings. The van der Waals surface area contributed by atoms with Crippen molar-refractivity contribution in [3.05, 3.63) is 49.1 Å². The molecule has 5 heteroatoms. The minimum Gasteiger partial charge on any atom is -0.355 e. The normalized spacial score (nSPS) is 12.1. The van der Waals surface area contributed by atoms with Crippen molar-refractivity contribution < 1.29 is 4.79 Å². The number of carbonyl (C=O) groups is 1. The summed E-state index contributed by atoms with van der Waals surface area (Å²) in [6.07, 6.45) is 6.38. The highest BCUT2D eigenvalue weighted by Gasteiger charge is 2.13. The molecule has 0 aliphatic heterocycles. The van der Waals surface area contributed by atoms with Gasteiger partial charge < -0.3 is 9.88 Å². The van der Waals surface area contributed by atoms with E-state index in [1.165, 1.54) is 0 Å². The van der Waals surface area contributed by atoms with Crippen LogP contribution < -0.4 is 5.32 Å². The van der Waals surface area contributed by atoms with Gasteiger partial charge in [0.1, 0.15) is 0 Å². The van der Waals surface area contributed by atoms with Crippen LogP contribution in [0, 0.1) is 0 Å². The van der Waals surface area contributed by atoms with Crippen molar-refractivity contribution in [3.63, 3.8) is 0 Å². The number of imidazole rings is 1. The summed E-state index contributed by atoms with van der Waals surface area (Å²) in [5.41, 5.74) is 0. The van der Waals surface area contributed by atoms with Gasteiger partial charge in [0.05, 0.1) is 11.6 Å². The molecule has 0 fully saturated rings. The van der Waals surface area contributed by atoms with E-state index in [0.717, 1.165) is 17.9 Å². The molecule has 0 unspecified atom stereocenters. The van der Waals surface area contributed by atoms with E-state index in [1.54, 1.807) is 24.3 Å². The number of aromatic nitrogens is 2. The van der Waals surface area contributed by atoms with Crippen LogP contribution in [0.3, 0.4) is 0 Å². The molecule has 1 heterocycles. The summed E-state index contributed by atoms with van der Waals surface area (Å²) in [4.78, 5) is 17.1. The topological polar surface area (TPSA) is 46.9 Å². The van der Waals surface area contributed by atoms with E-state index in [9.17, 15) is 4.79 Å². The lowest BCUT2D eigenvalue weighted by atomic mass is 10.4. The molecule has 106 valence electrons. The van der Waals surface area contributed by atoms with Crippen molar-refractivity contribution in [2.24, 2.45) is 0 Å². The molecule has 0 saturated carbocycles. The second-order valence-electron chi connectivity index (χ2n) is 4.52. The van der Waals surface area contributed by atoms with E-state index in [2.05, 4.69) is 10.3 Å². The lowest BCUT2D eigenvalue weighted by Gasteiger charge is -2.12. The van der Waals surface area contributed by atoms with Crippen LogP contribution in [0.5, 0.6) is 0 Å². The van der Waals surface area contributed by atoms with Crippen LogP contribution in [0.4, 0.5) is 0 Å². The average Bonchev–Trinajstić information content (AvgIpc) is 2.97. The maximum atomic E-state index is 12.0. The summed E-state index contributed by atoms with van der Waals surface area (Å²) in [5, 5.41) is 2.89. The van der Waals surface area contributed by atoms with Gasteiger partial charge in [0, 0.05) is 30.4 Å². The molecule has 0 saturated heterocycles. The molecule has 20 heavy (non-hydrogen) atoms. The van der Waals surface area contributed by atoms with Crippen LogP contribution in [0.25, 0.3) is 0 Å². The second-order valence-corrected chi connectivity index (χ2v) is 5.93. The molecule has 0 radical (unpaired) electrons. The third kappa shape index (κ3) is 4.74. The Labute approximate surface area is 123 Å². The monoisotopic (exact) mass is 289 g/mol. The van der Waals surface area contributed by atoms with Crippen molar-refractivity contribution in [2.45, 2.75) is 30.0 Å². The molecule has 4 nitrogen and oxygen atoms in total.